The van der Waals surface area contributed by atoms with E-state index in [1.54, 1.807) is 6.92 Å². The molecule has 0 aliphatic carbocycles. The van der Waals surface area contributed by atoms with Crippen LogP contribution in [0.4, 0.5) is 0 Å². The SMILES string of the molecule is CCOC(=O)c1nc(-c2c(C)cc(C)cc2C)no1. The molecule has 5 heteroatoms. The Balaban J connectivity index is 2.41. The quantitative estimate of drug-likeness (QED) is 0.794. The lowest BCUT2D eigenvalue weighted by Gasteiger charge is -2.06. The lowest BCUT2D eigenvalue weighted by Crippen LogP contribution is -2.04. The fraction of sp³-hybridized carbons (Fsp3) is 0.357. The van der Waals surface area contributed by atoms with Gasteiger partial charge in [0.15, 0.2) is 0 Å². The number of hydrogen-bond acceptors (Lipinski definition) is 5. The maximum Gasteiger partial charge on any atom is 0.397 e. The van der Waals surface area contributed by atoms with E-state index in [0.717, 1.165) is 16.7 Å². The highest BCUT2D eigenvalue weighted by Gasteiger charge is 2.19. The van der Waals surface area contributed by atoms with E-state index in [4.69, 9.17) is 9.26 Å². The lowest BCUT2D eigenvalue weighted by molar-refractivity contribution is 0.0470. The van der Waals surface area contributed by atoms with Gasteiger partial charge in [-0.05, 0) is 38.8 Å². The molecular formula is C14H16N2O3. The second-order valence-electron chi connectivity index (χ2n) is 4.42. The number of hydrogen-bond donors (Lipinski definition) is 0. The molecule has 0 amide bonds. The summed E-state index contributed by atoms with van der Waals surface area (Å²) in [4.78, 5) is 15.6. The highest BCUT2D eigenvalue weighted by molar-refractivity contribution is 5.84. The maximum absolute atomic E-state index is 11.5. The van der Waals surface area contributed by atoms with Gasteiger partial charge in [0.05, 0.1) is 6.61 Å². The highest BCUT2D eigenvalue weighted by atomic mass is 16.6. The summed E-state index contributed by atoms with van der Waals surface area (Å²) in [6.45, 7) is 8.00. The van der Waals surface area contributed by atoms with E-state index in [1.165, 1.54) is 5.56 Å². The van der Waals surface area contributed by atoms with Gasteiger partial charge < -0.3 is 9.26 Å². The molecule has 0 spiro atoms. The summed E-state index contributed by atoms with van der Waals surface area (Å²) in [6, 6.07) is 4.09. The first-order valence-corrected chi connectivity index (χ1v) is 6.12. The number of aryl methyl sites for hydroxylation is 3. The minimum Gasteiger partial charge on any atom is -0.459 e. The first-order chi connectivity index (χ1) is 9.02. The summed E-state index contributed by atoms with van der Waals surface area (Å²) in [6.07, 6.45) is 0. The van der Waals surface area contributed by atoms with E-state index in [0.29, 0.717) is 5.82 Å². The Morgan fingerprint density at radius 1 is 1.26 bits per heavy atom. The lowest BCUT2D eigenvalue weighted by atomic mass is 9.99. The van der Waals surface area contributed by atoms with E-state index >= 15 is 0 Å². The first-order valence-electron chi connectivity index (χ1n) is 6.12. The Morgan fingerprint density at radius 3 is 2.47 bits per heavy atom. The Kier molecular flexibility index (Phi) is 3.64. The largest absolute Gasteiger partial charge is 0.459 e. The zero-order valence-electron chi connectivity index (χ0n) is 11.5. The molecule has 1 aromatic heterocycles. The van der Waals surface area contributed by atoms with Crippen molar-refractivity contribution < 1.29 is 14.1 Å². The Labute approximate surface area is 111 Å². The molecule has 0 atom stereocenters. The molecule has 1 aromatic carbocycles. The molecule has 0 N–H and O–H groups in total. The number of benzene rings is 1. The van der Waals surface area contributed by atoms with E-state index in [2.05, 4.69) is 10.1 Å². The van der Waals surface area contributed by atoms with Crippen LogP contribution in [0.3, 0.4) is 0 Å². The Morgan fingerprint density at radius 2 is 1.89 bits per heavy atom. The van der Waals surface area contributed by atoms with E-state index in [1.807, 2.05) is 32.9 Å². The number of aromatic nitrogens is 2. The van der Waals surface area contributed by atoms with Gasteiger partial charge in [0, 0.05) is 5.56 Å². The normalized spacial score (nSPS) is 10.5. The summed E-state index contributed by atoms with van der Waals surface area (Å²) in [7, 11) is 0. The van der Waals surface area contributed by atoms with Crippen LogP contribution in [-0.4, -0.2) is 22.7 Å². The van der Waals surface area contributed by atoms with Crippen LogP contribution in [0.5, 0.6) is 0 Å². The summed E-state index contributed by atoms with van der Waals surface area (Å²) in [5.41, 5.74) is 4.17. The smallest absolute Gasteiger partial charge is 0.397 e. The molecule has 5 nitrogen and oxygen atoms in total. The van der Waals surface area contributed by atoms with E-state index in [9.17, 15) is 4.79 Å². The Hall–Kier alpha value is -2.17. The van der Waals surface area contributed by atoms with Gasteiger partial charge in [0.1, 0.15) is 0 Å². The molecule has 0 unspecified atom stereocenters. The minimum absolute atomic E-state index is 0.115. The summed E-state index contributed by atoms with van der Waals surface area (Å²) < 4.78 is 9.76. The van der Waals surface area contributed by atoms with Crippen molar-refractivity contribution in [3.05, 3.63) is 34.7 Å². The first kappa shape index (κ1) is 13.3. The minimum atomic E-state index is -0.594. The van der Waals surface area contributed by atoms with Crippen molar-refractivity contribution in [1.82, 2.24) is 10.1 Å². The van der Waals surface area contributed by atoms with Gasteiger partial charge in [0.2, 0.25) is 5.82 Å². The van der Waals surface area contributed by atoms with Gasteiger partial charge in [0.25, 0.3) is 0 Å². The number of esters is 1. The summed E-state index contributed by atoms with van der Waals surface area (Å²) >= 11 is 0. The molecular weight excluding hydrogens is 244 g/mol. The fourth-order valence-electron chi connectivity index (χ4n) is 2.13. The van der Waals surface area contributed by atoms with Crippen LogP contribution in [0.15, 0.2) is 16.7 Å². The van der Waals surface area contributed by atoms with Crippen molar-refractivity contribution in [2.45, 2.75) is 27.7 Å². The predicted molar refractivity (Wildman–Crippen MR) is 69.9 cm³/mol. The van der Waals surface area contributed by atoms with E-state index in [-0.39, 0.29) is 12.5 Å². The monoisotopic (exact) mass is 260 g/mol. The average Bonchev–Trinajstić information content (AvgIpc) is 2.77. The number of carbonyl (C=O) groups is 1. The van der Waals surface area contributed by atoms with Crippen LogP contribution in [0.2, 0.25) is 0 Å². The third-order valence-corrected chi connectivity index (χ3v) is 2.78. The molecule has 0 bridgehead atoms. The van der Waals surface area contributed by atoms with Gasteiger partial charge in [-0.15, -0.1) is 0 Å². The van der Waals surface area contributed by atoms with Crippen LogP contribution >= 0.6 is 0 Å². The topological polar surface area (TPSA) is 65.2 Å². The highest BCUT2D eigenvalue weighted by Crippen LogP contribution is 2.26. The zero-order valence-corrected chi connectivity index (χ0v) is 11.5. The van der Waals surface area contributed by atoms with Gasteiger partial charge in [-0.1, -0.05) is 22.9 Å². The second kappa shape index (κ2) is 5.22. The zero-order chi connectivity index (χ0) is 14.0. The van der Waals surface area contributed by atoms with Gasteiger partial charge >= 0.3 is 11.9 Å². The molecule has 0 radical (unpaired) electrons. The standard InChI is InChI=1S/C14H16N2O3/c1-5-18-14(17)13-15-12(16-19-13)11-9(3)6-8(2)7-10(11)4/h6-7H,5H2,1-4H3. The molecule has 100 valence electrons. The summed E-state index contributed by atoms with van der Waals surface area (Å²) in [5.74, 6) is -0.294. The fourth-order valence-corrected chi connectivity index (χ4v) is 2.13. The van der Waals surface area contributed by atoms with Gasteiger partial charge in [-0.3, -0.25) is 0 Å². The Bertz CT molecular complexity index is 594. The van der Waals surface area contributed by atoms with Gasteiger partial charge in [-0.2, -0.15) is 4.98 Å². The summed E-state index contributed by atoms with van der Waals surface area (Å²) in [5, 5.41) is 3.85. The average molecular weight is 260 g/mol. The van der Waals surface area contributed by atoms with E-state index < -0.39 is 5.97 Å². The van der Waals surface area contributed by atoms with Gasteiger partial charge in [-0.25, -0.2) is 4.79 Å². The molecule has 0 saturated carbocycles. The number of carbonyl (C=O) groups excluding carboxylic acids is 1. The van der Waals surface area contributed by atoms with Crippen molar-refractivity contribution in [1.29, 1.82) is 0 Å². The van der Waals surface area contributed by atoms with Crippen molar-refractivity contribution in [3.8, 4) is 11.4 Å². The predicted octanol–water partition coefficient (Wildman–Crippen LogP) is 2.84. The van der Waals surface area contributed by atoms with Crippen molar-refractivity contribution in [2.75, 3.05) is 6.61 Å². The molecule has 0 saturated heterocycles. The molecule has 2 rings (SSSR count). The van der Waals surface area contributed by atoms with Crippen molar-refractivity contribution in [3.63, 3.8) is 0 Å². The molecule has 0 fully saturated rings. The van der Waals surface area contributed by atoms with Crippen molar-refractivity contribution >= 4 is 5.97 Å². The van der Waals surface area contributed by atoms with Crippen LogP contribution in [0, 0.1) is 20.8 Å². The third kappa shape index (κ3) is 2.65. The number of nitrogens with zero attached hydrogens (tertiary/aromatic N) is 2. The maximum atomic E-state index is 11.5. The molecule has 1 heterocycles. The number of ether oxygens (including phenoxy) is 1. The van der Waals surface area contributed by atoms with Crippen LogP contribution < -0.4 is 0 Å². The number of rotatable bonds is 3. The van der Waals surface area contributed by atoms with Crippen LogP contribution in [-0.2, 0) is 4.74 Å². The molecule has 0 aliphatic heterocycles. The molecule has 19 heavy (non-hydrogen) atoms. The molecule has 0 aliphatic rings. The second-order valence-corrected chi connectivity index (χ2v) is 4.42. The third-order valence-electron chi connectivity index (χ3n) is 2.78. The van der Waals surface area contributed by atoms with Crippen LogP contribution in [0.1, 0.15) is 34.3 Å². The van der Waals surface area contributed by atoms with Crippen molar-refractivity contribution in [2.24, 2.45) is 0 Å². The van der Waals surface area contributed by atoms with Crippen LogP contribution in [0.25, 0.3) is 11.4 Å². The molecule has 2 aromatic rings.